The lowest BCUT2D eigenvalue weighted by atomic mass is 10.3. The summed E-state index contributed by atoms with van der Waals surface area (Å²) in [5.41, 5.74) is 1.27. The predicted octanol–water partition coefficient (Wildman–Crippen LogP) is 4.15. The van der Waals surface area contributed by atoms with Crippen LogP contribution in [0.4, 0.5) is 5.69 Å². The van der Waals surface area contributed by atoms with Crippen molar-refractivity contribution in [3.05, 3.63) is 58.6 Å². The number of halogens is 1. The first kappa shape index (κ1) is 18.9. The fourth-order valence-corrected chi connectivity index (χ4v) is 3.29. The number of hydrogen-bond donors (Lipinski definition) is 1. The van der Waals surface area contributed by atoms with Gasteiger partial charge in [0.15, 0.2) is 6.61 Å². The van der Waals surface area contributed by atoms with Crippen LogP contribution < -0.4 is 10.1 Å². The van der Waals surface area contributed by atoms with Crippen LogP contribution in [0.3, 0.4) is 0 Å². The van der Waals surface area contributed by atoms with Gasteiger partial charge in [-0.3, -0.25) is 4.79 Å². The second kappa shape index (κ2) is 8.66. The summed E-state index contributed by atoms with van der Waals surface area (Å²) in [6.07, 6.45) is 2.80. The number of amides is 1. The van der Waals surface area contributed by atoms with E-state index in [2.05, 4.69) is 10.3 Å². The number of para-hydroxylation sites is 1. The first-order chi connectivity index (χ1) is 13.0. The molecule has 0 spiro atoms. The fourth-order valence-electron chi connectivity index (χ4n) is 2.25. The number of carbonyl (C=O) groups is 2. The third-order valence-corrected chi connectivity index (χ3v) is 4.69. The van der Waals surface area contributed by atoms with Crippen molar-refractivity contribution >= 4 is 56.8 Å². The minimum atomic E-state index is -0.637. The Labute approximate surface area is 164 Å². The fraction of sp³-hybridized carbons (Fsp3) is 0.105. The maximum atomic E-state index is 12.0. The van der Waals surface area contributed by atoms with Gasteiger partial charge in [-0.25, -0.2) is 9.78 Å². The van der Waals surface area contributed by atoms with E-state index < -0.39 is 18.5 Å². The Morgan fingerprint density at radius 1 is 1.26 bits per heavy atom. The van der Waals surface area contributed by atoms with Crippen LogP contribution in [0.5, 0.6) is 5.75 Å². The quantitative estimate of drug-likeness (QED) is 0.495. The van der Waals surface area contributed by atoms with E-state index in [1.54, 1.807) is 24.3 Å². The molecule has 3 aromatic rings. The Balaban J connectivity index is 1.54. The van der Waals surface area contributed by atoms with Crippen LogP contribution in [-0.4, -0.2) is 30.6 Å². The van der Waals surface area contributed by atoms with Crippen molar-refractivity contribution in [1.82, 2.24) is 4.98 Å². The average Bonchev–Trinajstić information content (AvgIpc) is 3.08. The molecule has 138 valence electrons. The highest BCUT2D eigenvalue weighted by molar-refractivity contribution is 7.19. The molecule has 0 aliphatic carbocycles. The minimum Gasteiger partial charge on any atom is -0.495 e. The molecule has 1 amide bonds. The van der Waals surface area contributed by atoms with Crippen molar-refractivity contribution in [2.45, 2.75) is 0 Å². The van der Waals surface area contributed by atoms with Crippen molar-refractivity contribution in [3.63, 3.8) is 0 Å². The number of aromatic nitrogens is 1. The zero-order valence-corrected chi connectivity index (χ0v) is 15.8. The van der Waals surface area contributed by atoms with E-state index in [1.807, 2.05) is 24.3 Å². The molecule has 27 heavy (non-hydrogen) atoms. The van der Waals surface area contributed by atoms with E-state index >= 15 is 0 Å². The molecule has 0 atom stereocenters. The first-order valence-electron chi connectivity index (χ1n) is 7.89. The van der Waals surface area contributed by atoms with Crippen LogP contribution in [0, 0.1) is 0 Å². The summed E-state index contributed by atoms with van der Waals surface area (Å²) in [6, 6.07) is 12.5. The highest BCUT2D eigenvalue weighted by atomic mass is 35.5. The molecule has 0 saturated heterocycles. The van der Waals surface area contributed by atoms with E-state index in [0.29, 0.717) is 21.5 Å². The van der Waals surface area contributed by atoms with Crippen LogP contribution in [-0.2, 0) is 14.3 Å². The number of nitrogens with zero attached hydrogens (tertiary/aromatic N) is 1. The van der Waals surface area contributed by atoms with Gasteiger partial charge in [0.05, 0.1) is 23.0 Å². The topological polar surface area (TPSA) is 77.5 Å². The average molecular weight is 403 g/mol. The van der Waals surface area contributed by atoms with Gasteiger partial charge in [0.2, 0.25) is 0 Å². The van der Waals surface area contributed by atoms with Gasteiger partial charge in [-0.1, -0.05) is 23.7 Å². The number of esters is 1. The molecule has 0 saturated carbocycles. The second-order valence-corrected chi connectivity index (χ2v) is 6.85. The third kappa shape index (κ3) is 5.06. The van der Waals surface area contributed by atoms with E-state index in [-0.39, 0.29) is 0 Å². The Hall–Kier alpha value is -2.90. The lowest BCUT2D eigenvalue weighted by Crippen LogP contribution is -2.20. The highest BCUT2D eigenvalue weighted by Gasteiger charge is 2.10. The molecule has 0 unspecified atom stereocenters. The zero-order valence-electron chi connectivity index (χ0n) is 14.3. The summed E-state index contributed by atoms with van der Waals surface area (Å²) in [4.78, 5) is 28.2. The van der Waals surface area contributed by atoms with Crippen molar-refractivity contribution in [2.24, 2.45) is 0 Å². The second-order valence-electron chi connectivity index (χ2n) is 5.35. The number of fused-ring (bicyclic) bond motifs is 1. The van der Waals surface area contributed by atoms with Crippen molar-refractivity contribution in [2.75, 3.05) is 19.0 Å². The number of benzene rings is 2. The Bertz CT molecular complexity index is 983. The molecule has 1 N–H and O–H groups in total. The summed E-state index contributed by atoms with van der Waals surface area (Å²) in [7, 11) is 1.48. The number of methoxy groups -OCH3 is 1. The van der Waals surface area contributed by atoms with Crippen molar-refractivity contribution in [1.29, 1.82) is 0 Å². The van der Waals surface area contributed by atoms with Crippen LogP contribution in [0.15, 0.2) is 48.5 Å². The van der Waals surface area contributed by atoms with E-state index in [0.717, 1.165) is 10.2 Å². The molecule has 0 aliphatic heterocycles. The number of carbonyl (C=O) groups excluding carboxylic acids is 2. The van der Waals surface area contributed by atoms with E-state index in [9.17, 15) is 9.59 Å². The number of ether oxygens (including phenoxy) is 2. The van der Waals surface area contributed by atoms with Crippen LogP contribution in [0.25, 0.3) is 16.3 Å². The Kier molecular flexibility index (Phi) is 6.05. The van der Waals surface area contributed by atoms with Crippen LogP contribution in [0.2, 0.25) is 5.02 Å². The molecule has 6 nitrogen and oxygen atoms in total. The van der Waals surface area contributed by atoms with Crippen molar-refractivity contribution in [3.8, 4) is 5.75 Å². The SMILES string of the molecule is COc1ccc(Cl)cc1NC(=O)COC(=O)/C=C/c1nc2ccccc2s1. The number of rotatable bonds is 6. The van der Waals surface area contributed by atoms with Gasteiger partial charge in [0, 0.05) is 11.1 Å². The molecule has 1 aromatic heterocycles. The lowest BCUT2D eigenvalue weighted by Gasteiger charge is -2.10. The smallest absolute Gasteiger partial charge is 0.331 e. The van der Waals surface area contributed by atoms with Crippen molar-refractivity contribution < 1.29 is 19.1 Å². The minimum absolute atomic E-state index is 0.399. The predicted molar refractivity (Wildman–Crippen MR) is 106 cm³/mol. The summed E-state index contributed by atoms with van der Waals surface area (Å²) >= 11 is 7.37. The number of nitrogens with one attached hydrogen (secondary N) is 1. The number of thiazole rings is 1. The Morgan fingerprint density at radius 3 is 2.85 bits per heavy atom. The maximum Gasteiger partial charge on any atom is 0.331 e. The van der Waals surface area contributed by atoms with Gasteiger partial charge in [0.1, 0.15) is 10.8 Å². The first-order valence-corrected chi connectivity index (χ1v) is 9.08. The molecular formula is C19H15ClN2O4S. The van der Waals surface area contributed by atoms with Gasteiger partial charge in [-0.2, -0.15) is 0 Å². The number of anilines is 1. The van der Waals surface area contributed by atoms with E-state index in [4.69, 9.17) is 21.1 Å². The number of hydrogen-bond acceptors (Lipinski definition) is 6. The molecular weight excluding hydrogens is 388 g/mol. The maximum absolute atomic E-state index is 12.0. The molecule has 2 aromatic carbocycles. The van der Waals surface area contributed by atoms with Gasteiger partial charge < -0.3 is 14.8 Å². The molecule has 8 heteroatoms. The Morgan fingerprint density at radius 2 is 2.07 bits per heavy atom. The zero-order chi connectivity index (χ0) is 19.2. The van der Waals surface area contributed by atoms with Gasteiger partial charge >= 0.3 is 5.97 Å². The summed E-state index contributed by atoms with van der Waals surface area (Å²) < 4.78 is 11.1. The van der Waals surface area contributed by atoms with Crippen LogP contribution >= 0.6 is 22.9 Å². The third-order valence-electron chi connectivity index (χ3n) is 3.45. The molecule has 0 radical (unpaired) electrons. The van der Waals surface area contributed by atoms with Gasteiger partial charge in [-0.15, -0.1) is 11.3 Å². The van der Waals surface area contributed by atoms with E-state index in [1.165, 1.54) is 24.5 Å². The lowest BCUT2D eigenvalue weighted by molar-refractivity contribution is -0.142. The van der Waals surface area contributed by atoms with Crippen LogP contribution in [0.1, 0.15) is 5.01 Å². The summed E-state index contributed by atoms with van der Waals surface area (Å²) in [5, 5.41) is 3.72. The molecule has 0 aliphatic rings. The monoisotopic (exact) mass is 402 g/mol. The standard InChI is InChI=1S/C19H15ClN2O4S/c1-25-15-7-6-12(20)10-14(15)21-17(23)11-26-19(24)9-8-18-22-13-4-2-3-5-16(13)27-18/h2-10H,11H2,1H3,(H,21,23)/b9-8+. The molecule has 1 heterocycles. The summed E-state index contributed by atoms with van der Waals surface area (Å²) in [6.45, 7) is -0.432. The van der Waals surface area contributed by atoms with Gasteiger partial charge in [-0.05, 0) is 36.4 Å². The largest absolute Gasteiger partial charge is 0.495 e. The normalized spacial score (nSPS) is 10.9. The highest BCUT2D eigenvalue weighted by Crippen LogP contribution is 2.27. The van der Waals surface area contributed by atoms with Gasteiger partial charge in [0.25, 0.3) is 5.91 Å². The molecule has 3 rings (SSSR count). The molecule has 0 bridgehead atoms. The summed E-state index contributed by atoms with van der Waals surface area (Å²) in [5.74, 6) is -0.686. The molecule has 0 fully saturated rings.